The summed E-state index contributed by atoms with van der Waals surface area (Å²) in [5.74, 6) is -1.02. The van der Waals surface area contributed by atoms with Gasteiger partial charge in [-0.15, -0.1) is 0 Å². The molecule has 21 heavy (non-hydrogen) atoms. The van der Waals surface area contributed by atoms with Gasteiger partial charge in [-0.25, -0.2) is 4.39 Å². The Labute approximate surface area is 122 Å². The third kappa shape index (κ3) is 4.49. The monoisotopic (exact) mass is 297 g/mol. The van der Waals surface area contributed by atoms with Crippen molar-refractivity contribution in [2.75, 3.05) is 32.8 Å². The van der Waals surface area contributed by atoms with Gasteiger partial charge in [-0.1, -0.05) is 0 Å². The van der Waals surface area contributed by atoms with Gasteiger partial charge in [0.25, 0.3) is 0 Å². The number of rotatable bonds is 6. The maximum Gasteiger partial charge on any atom is 0.180 e. The molecule has 6 heteroatoms. The van der Waals surface area contributed by atoms with Crippen molar-refractivity contribution in [1.82, 2.24) is 4.90 Å². The number of carbonyl (C=O) groups excluding carboxylic acids is 1. The molecule has 0 saturated carbocycles. The van der Waals surface area contributed by atoms with Crippen LogP contribution in [0.1, 0.15) is 23.2 Å². The van der Waals surface area contributed by atoms with Gasteiger partial charge < -0.3 is 14.9 Å². The van der Waals surface area contributed by atoms with Crippen LogP contribution in [0, 0.1) is 5.82 Å². The maximum absolute atomic E-state index is 13.1. The fraction of sp³-hybridized carbons (Fsp3) is 0.533. The van der Waals surface area contributed by atoms with E-state index in [1.165, 1.54) is 6.07 Å². The molecule has 1 saturated heterocycles. The first-order valence-electron chi connectivity index (χ1n) is 7.06. The SMILES string of the molecule is O=C(CN1CCC(OCCO)CC1)c1cc(F)ccc1O. The van der Waals surface area contributed by atoms with Crippen LogP contribution in [0.2, 0.25) is 0 Å². The van der Waals surface area contributed by atoms with Gasteiger partial charge in [0, 0.05) is 13.1 Å². The predicted molar refractivity (Wildman–Crippen MR) is 74.9 cm³/mol. The van der Waals surface area contributed by atoms with Crippen molar-refractivity contribution in [1.29, 1.82) is 0 Å². The van der Waals surface area contributed by atoms with Crippen molar-refractivity contribution in [3.05, 3.63) is 29.6 Å². The molecule has 0 amide bonds. The lowest BCUT2D eigenvalue weighted by Crippen LogP contribution is -2.40. The number of hydrogen-bond donors (Lipinski definition) is 2. The quantitative estimate of drug-likeness (QED) is 0.772. The zero-order valence-electron chi connectivity index (χ0n) is 11.8. The molecule has 116 valence electrons. The highest BCUT2D eigenvalue weighted by molar-refractivity contribution is 6.00. The number of hydrogen-bond acceptors (Lipinski definition) is 5. The molecule has 0 atom stereocenters. The Kier molecular flexibility index (Phi) is 5.67. The number of aromatic hydroxyl groups is 1. The molecule has 1 aromatic rings. The topological polar surface area (TPSA) is 70.0 Å². The van der Waals surface area contributed by atoms with Crippen LogP contribution in [-0.2, 0) is 4.74 Å². The van der Waals surface area contributed by atoms with Gasteiger partial charge in [-0.05, 0) is 31.0 Å². The van der Waals surface area contributed by atoms with Crippen molar-refractivity contribution < 1.29 is 24.1 Å². The summed E-state index contributed by atoms with van der Waals surface area (Å²) in [6.07, 6.45) is 1.70. The second kappa shape index (κ2) is 7.49. The molecule has 1 heterocycles. The predicted octanol–water partition coefficient (Wildman–Crippen LogP) is 1.19. The van der Waals surface area contributed by atoms with Gasteiger partial charge in [0.05, 0.1) is 31.4 Å². The number of benzene rings is 1. The molecule has 1 aliphatic rings. The Morgan fingerprint density at radius 3 is 2.76 bits per heavy atom. The van der Waals surface area contributed by atoms with Crippen LogP contribution in [0.15, 0.2) is 18.2 Å². The van der Waals surface area contributed by atoms with E-state index in [1.807, 2.05) is 4.90 Å². The second-order valence-electron chi connectivity index (χ2n) is 5.15. The molecule has 0 aliphatic carbocycles. The minimum Gasteiger partial charge on any atom is -0.507 e. The number of likely N-dealkylation sites (tertiary alicyclic amines) is 1. The summed E-state index contributed by atoms with van der Waals surface area (Å²) in [6.45, 7) is 1.91. The summed E-state index contributed by atoms with van der Waals surface area (Å²) in [5.41, 5.74) is 0.0219. The Balaban J connectivity index is 1.85. The van der Waals surface area contributed by atoms with Crippen LogP contribution in [0.3, 0.4) is 0 Å². The fourth-order valence-corrected chi connectivity index (χ4v) is 2.47. The molecule has 0 unspecified atom stereocenters. The summed E-state index contributed by atoms with van der Waals surface area (Å²) >= 11 is 0. The average Bonchev–Trinajstić information content (AvgIpc) is 2.49. The first kappa shape index (κ1) is 15.9. The number of nitrogens with zero attached hydrogens (tertiary/aromatic N) is 1. The second-order valence-corrected chi connectivity index (χ2v) is 5.15. The van der Waals surface area contributed by atoms with Crippen LogP contribution >= 0.6 is 0 Å². The van der Waals surface area contributed by atoms with E-state index in [0.717, 1.165) is 25.0 Å². The molecule has 0 aromatic heterocycles. The van der Waals surface area contributed by atoms with Crippen molar-refractivity contribution in [2.24, 2.45) is 0 Å². The van der Waals surface area contributed by atoms with Gasteiger partial charge >= 0.3 is 0 Å². The standard InChI is InChI=1S/C15H20FNO4/c16-11-1-2-14(19)13(9-11)15(20)10-17-5-3-12(4-6-17)21-8-7-18/h1-2,9,12,18-19H,3-8,10H2. The molecule has 5 nitrogen and oxygen atoms in total. The van der Waals surface area contributed by atoms with Gasteiger partial charge in [-0.2, -0.15) is 0 Å². The normalized spacial score (nSPS) is 17.0. The van der Waals surface area contributed by atoms with E-state index >= 15 is 0 Å². The van der Waals surface area contributed by atoms with Gasteiger partial charge in [0.1, 0.15) is 11.6 Å². The number of halogens is 1. The lowest BCUT2D eigenvalue weighted by Gasteiger charge is -2.31. The number of carbonyl (C=O) groups is 1. The number of phenolic OH excluding ortho intramolecular Hbond substituents is 1. The summed E-state index contributed by atoms with van der Waals surface area (Å²) in [7, 11) is 0. The minimum absolute atomic E-state index is 0.0115. The van der Waals surface area contributed by atoms with E-state index in [1.54, 1.807) is 0 Å². The van der Waals surface area contributed by atoms with Crippen LogP contribution in [0.5, 0.6) is 5.75 Å². The number of phenols is 1. The Bertz CT molecular complexity index is 487. The Hall–Kier alpha value is -1.50. The molecule has 1 fully saturated rings. The molecule has 0 radical (unpaired) electrons. The van der Waals surface area contributed by atoms with Gasteiger partial charge in [0.2, 0.25) is 0 Å². The third-order valence-corrected chi connectivity index (χ3v) is 3.61. The number of Topliss-reactive ketones (excluding diaryl/α,β-unsaturated/α-hetero) is 1. The lowest BCUT2D eigenvalue weighted by molar-refractivity contribution is -0.00690. The number of aliphatic hydroxyl groups excluding tert-OH is 1. The first-order valence-corrected chi connectivity index (χ1v) is 7.06. The van der Waals surface area contributed by atoms with Crippen LogP contribution in [-0.4, -0.2) is 59.8 Å². The van der Waals surface area contributed by atoms with E-state index in [0.29, 0.717) is 19.7 Å². The zero-order valence-corrected chi connectivity index (χ0v) is 11.8. The highest BCUT2D eigenvalue weighted by Gasteiger charge is 2.22. The molecular weight excluding hydrogens is 277 g/mol. The van der Waals surface area contributed by atoms with E-state index in [9.17, 15) is 14.3 Å². The van der Waals surface area contributed by atoms with E-state index < -0.39 is 5.82 Å². The summed E-state index contributed by atoms with van der Waals surface area (Å²) in [5, 5.41) is 18.3. The number of ketones is 1. The average molecular weight is 297 g/mol. The third-order valence-electron chi connectivity index (χ3n) is 3.61. The molecule has 0 spiro atoms. The Morgan fingerprint density at radius 1 is 1.38 bits per heavy atom. The van der Waals surface area contributed by atoms with Crippen LogP contribution in [0.4, 0.5) is 4.39 Å². The van der Waals surface area contributed by atoms with Crippen LogP contribution in [0.25, 0.3) is 0 Å². The molecular formula is C15H20FNO4. The minimum atomic E-state index is -0.535. The van der Waals surface area contributed by atoms with Crippen molar-refractivity contribution in [3.63, 3.8) is 0 Å². The van der Waals surface area contributed by atoms with E-state index in [-0.39, 0.29) is 36.4 Å². The van der Waals surface area contributed by atoms with E-state index in [2.05, 4.69) is 0 Å². The number of piperidine rings is 1. The van der Waals surface area contributed by atoms with Crippen LogP contribution < -0.4 is 0 Å². The zero-order chi connectivity index (χ0) is 15.2. The number of ether oxygens (including phenoxy) is 1. The largest absolute Gasteiger partial charge is 0.507 e. The van der Waals surface area contributed by atoms with Crippen molar-refractivity contribution >= 4 is 5.78 Å². The fourth-order valence-electron chi connectivity index (χ4n) is 2.47. The highest BCUT2D eigenvalue weighted by atomic mass is 19.1. The highest BCUT2D eigenvalue weighted by Crippen LogP contribution is 2.20. The summed E-state index contributed by atoms with van der Waals surface area (Å²) in [4.78, 5) is 14.1. The van der Waals surface area contributed by atoms with E-state index in [4.69, 9.17) is 9.84 Å². The molecule has 1 aromatic carbocycles. The van der Waals surface area contributed by atoms with Crippen molar-refractivity contribution in [3.8, 4) is 5.75 Å². The molecule has 1 aliphatic heterocycles. The summed E-state index contributed by atoms with van der Waals surface area (Å²) < 4.78 is 18.6. The Morgan fingerprint density at radius 2 is 2.10 bits per heavy atom. The van der Waals surface area contributed by atoms with Crippen molar-refractivity contribution in [2.45, 2.75) is 18.9 Å². The summed E-state index contributed by atoms with van der Waals surface area (Å²) in [6, 6.07) is 3.38. The molecule has 0 bridgehead atoms. The maximum atomic E-state index is 13.1. The van der Waals surface area contributed by atoms with Gasteiger partial charge in [-0.3, -0.25) is 9.69 Å². The van der Waals surface area contributed by atoms with Gasteiger partial charge in [0.15, 0.2) is 5.78 Å². The first-order chi connectivity index (χ1) is 10.1. The molecule has 2 rings (SSSR count). The smallest absolute Gasteiger partial charge is 0.180 e. The lowest BCUT2D eigenvalue weighted by atomic mass is 10.1. The number of aliphatic hydroxyl groups is 1. The molecule has 2 N–H and O–H groups in total.